The average Bonchev–Trinajstić information content (AvgIpc) is 2.70. The van der Waals surface area contributed by atoms with Crippen molar-refractivity contribution in [2.24, 2.45) is 11.8 Å². The molecule has 2 aromatic rings. The molecule has 0 atom stereocenters. The van der Waals surface area contributed by atoms with E-state index in [-0.39, 0.29) is 23.7 Å². The highest BCUT2D eigenvalue weighted by molar-refractivity contribution is 5.94. The van der Waals surface area contributed by atoms with E-state index < -0.39 is 0 Å². The van der Waals surface area contributed by atoms with Crippen LogP contribution in [0.4, 0.5) is 5.69 Å². The summed E-state index contributed by atoms with van der Waals surface area (Å²) in [6, 6.07) is 15.3. The van der Waals surface area contributed by atoms with Crippen LogP contribution in [-0.4, -0.2) is 29.8 Å². The summed E-state index contributed by atoms with van der Waals surface area (Å²) in [5, 5.41) is 3.01. The summed E-state index contributed by atoms with van der Waals surface area (Å²) in [5.74, 6) is 1.40. The third-order valence-corrected chi connectivity index (χ3v) is 5.07. The molecule has 2 aromatic carbocycles. The molecule has 0 aliphatic carbocycles. The number of nitrogens with one attached hydrogen (secondary N) is 1. The molecule has 5 heteroatoms. The van der Waals surface area contributed by atoms with Gasteiger partial charge in [0.1, 0.15) is 5.75 Å². The number of anilines is 1. The second-order valence-electron chi connectivity index (χ2n) is 7.65. The zero-order valence-corrected chi connectivity index (χ0v) is 16.8. The second-order valence-corrected chi connectivity index (χ2v) is 7.65. The molecule has 2 amide bonds. The quantitative estimate of drug-likeness (QED) is 0.823. The SMILES string of the molecule is Cc1ccc(Oc2ccccc2NC(=O)C2CCN(C(=O)C(C)C)CC2)cc1. The first-order valence-electron chi connectivity index (χ1n) is 9.87. The fourth-order valence-electron chi connectivity index (χ4n) is 3.35. The van der Waals surface area contributed by atoms with Gasteiger partial charge in [-0.2, -0.15) is 0 Å². The lowest BCUT2D eigenvalue weighted by Crippen LogP contribution is -2.43. The van der Waals surface area contributed by atoms with E-state index in [2.05, 4.69) is 5.32 Å². The van der Waals surface area contributed by atoms with Gasteiger partial charge in [0, 0.05) is 24.9 Å². The predicted octanol–water partition coefficient (Wildman–Crippen LogP) is 4.62. The Morgan fingerprint density at radius 1 is 1.04 bits per heavy atom. The van der Waals surface area contributed by atoms with Gasteiger partial charge in [-0.25, -0.2) is 0 Å². The number of nitrogens with zero attached hydrogens (tertiary/aromatic N) is 1. The van der Waals surface area contributed by atoms with E-state index in [0.29, 0.717) is 37.4 Å². The molecule has 28 heavy (non-hydrogen) atoms. The molecular formula is C23H28N2O3. The van der Waals surface area contributed by atoms with Gasteiger partial charge in [0.2, 0.25) is 11.8 Å². The minimum atomic E-state index is -0.0938. The van der Waals surface area contributed by atoms with Crippen molar-refractivity contribution < 1.29 is 14.3 Å². The number of benzene rings is 2. The summed E-state index contributed by atoms with van der Waals surface area (Å²) in [4.78, 5) is 26.7. The van der Waals surface area contributed by atoms with Crippen molar-refractivity contribution in [3.05, 3.63) is 54.1 Å². The van der Waals surface area contributed by atoms with Crippen LogP contribution >= 0.6 is 0 Å². The highest BCUT2D eigenvalue weighted by Gasteiger charge is 2.28. The van der Waals surface area contributed by atoms with Crippen LogP contribution in [0.1, 0.15) is 32.3 Å². The number of piperidine rings is 1. The van der Waals surface area contributed by atoms with E-state index in [1.165, 1.54) is 0 Å². The number of aryl methyl sites for hydroxylation is 1. The van der Waals surface area contributed by atoms with Crippen molar-refractivity contribution in [3.8, 4) is 11.5 Å². The molecule has 1 aliphatic heterocycles. The van der Waals surface area contributed by atoms with Crippen LogP contribution in [0.15, 0.2) is 48.5 Å². The Bertz CT molecular complexity index is 822. The number of ether oxygens (including phenoxy) is 1. The van der Waals surface area contributed by atoms with Gasteiger partial charge in [-0.05, 0) is 44.0 Å². The van der Waals surface area contributed by atoms with Crippen LogP contribution in [0, 0.1) is 18.8 Å². The largest absolute Gasteiger partial charge is 0.455 e. The van der Waals surface area contributed by atoms with Gasteiger partial charge < -0.3 is 15.0 Å². The molecule has 0 aromatic heterocycles. The fraction of sp³-hybridized carbons (Fsp3) is 0.391. The molecule has 0 radical (unpaired) electrons. The second kappa shape index (κ2) is 8.91. The summed E-state index contributed by atoms with van der Waals surface area (Å²) in [6.07, 6.45) is 1.37. The van der Waals surface area contributed by atoms with Crippen LogP contribution < -0.4 is 10.1 Å². The van der Waals surface area contributed by atoms with Crippen LogP contribution in [-0.2, 0) is 9.59 Å². The van der Waals surface area contributed by atoms with E-state index in [0.717, 1.165) is 11.3 Å². The van der Waals surface area contributed by atoms with E-state index in [4.69, 9.17) is 4.74 Å². The minimum Gasteiger partial charge on any atom is -0.455 e. The topological polar surface area (TPSA) is 58.6 Å². The predicted molar refractivity (Wildman–Crippen MR) is 110 cm³/mol. The van der Waals surface area contributed by atoms with Crippen molar-refractivity contribution in [1.82, 2.24) is 4.90 Å². The van der Waals surface area contributed by atoms with Crippen molar-refractivity contribution in [2.45, 2.75) is 33.6 Å². The molecule has 0 unspecified atom stereocenters. The summed E-state index contributed by atoms with van der Waals surface area (Å²) >= 11 is 0. The van der Waals surface area contributed by atoms with Crippen LogP contribution in [0.25, 0.3) is 0 Å². The Morgan fingerprint density at radius 2 is 1.68 bits per heavy atom. The van der Waals surface area contributed by atoms with Crippen molar-refractivity contribution in [3.63, 3.8) is 0 Å². The molecule has 1 saturated heterocycles. The van der Waals surface area contributed by atoms with E-state index in [9.17, 15) is 9.59 Å². The standard InChI is InChI=1S/C23H28N2O3/c1-16(2)23(27)25-14-12-18(13-15-25)22(26)24-20-6-4-5-7-21(20)28-19-10-8-17(3)9-11-19/h4-11,16,18H,12-15H2,1-3H3,(H,24,26). The molecule has 0 bridgehead atoms. The summed E-state index contributed by atoms with van der Waals surface area (Å²) in [6.45, 7) is 7.11. The molecule has 1 heterocycles. The number of para-hydroxylation sites is 2. The number of rotatable bonds is 5. The Balaban J connectivity index is 1.62. The van der Waals surface area contributed by atoms with Gasteiger partial charge in [-0.1, -0.05) is 43.7 Å². The minimum absolute atomic E-state index is 0.00354. The normalized spacial score (nSPS) is 14.8. The number of hydrogen-bond acceptors (Lipinski definition) is 3. The summed E-state index contributed by atoms with van der Waals surface area (Å²) in [7, 11) is 0. The van der Waals surface area contributed by atoms with Gasteiger partial charge in [0.25, 0.3) is 0 Å². The number of carbonyl (C=O) groups is 2. The maximum Gasteiger partial charge on any atom is 0.227 e. The summed E-state index contributed by atoms with van der Waals surface area (Å²) in [5.41, 5.74) is 1.82. The Labute approximate surface area is 166 Å². The monoisotopic (exact) mass is 380 g/mol. The lowest BCUT2D eigenvalue weighted by atomic mass is 9.95. The highest BCUT2D eigenvalue weighted by Crippen LogP contribution is 2.30. The van der Waals surface area contributed by atoms with Gasteiger partial charge in [-0.3, -0.25) is 9.59 Å². The van der Waals surface area contributed by atoms with Crippen molar-refractivity contribution in [2.75, 3.05) is 18.4 Å². The van der Waals surface area contributed by atoms with Crippen LogP contribution in [0.2, 0.25) is 0 Å². The molecular weight excluding hydrogens is 352 g/mol. The van der Waals surface area contributed by atoms with Gasteiger partial charge in [-0.15, -0.1) is 0 Å². The number of hydrogen-bond donors (Lipinski definition) is 1. The third kappa shape index (κ3) is 4.91. The zero-order chi connectivity index (χ0) is 20.1. The molecule has 148 valence electrons. The first-order chi connectivity index (χ1) is 13.4. The molecule has 1 N–H and O–H groups in total. The summed E-state index contributed by atoms with van der Waals surface area (Å²) < 4.78 is 5.96. The maximum atomic E-state index is 12.8. The Hall–Kier alpha value is -2.82. The molecule has 0 saturated carbocycles. The van der Waals surface area contributed by atoms with Crippen molar-refractivity contribution >= 4 is 17.5 Å². The average molecular weight is 380 g/mol. The van der Waals surface area contributed by atoms with Gasteiger partial charge in [0.15, 0.2) is 5.75 Å². The lowest BCUT2D eigenvalue weighted by molar-refractivity contribution is -0.137. The van der Waals surface area contributed by atoms with Gasteiger partial charge >= 0.3 is 0 Å². The van der Waals surface area contributed by atoms with E-state index >= 15 is 0 Å². The number of likely N-dealkylation sites (tertiary alicyclic amines) is 1. The van der Waals surface area contributed by atoms with Gasteiger partial charge in [0.05, 0.1) is 5.69 Å². The smallest absolute Gasteiger partial charge is 0.227 e. The van der Waals surface area contributed by atoms with Crippen molar-refractivity contribution in [1.29, 1.82) is 0 Å². The van der Waals surface area contributed by atoms with E-state index in [1.807, 2.05) is 74.2 Å². The molecule has 1 fully saturated rings. The van der Waals surface area contributed by atoms with Crippen LogP contribution in [0.5, 0.6) is 11.5 Å². The zero-order valence-electron chi connectivity index (χ0n) is 16.8. The van der Waals surface area contributed by atoms with E-state index in [1.54, 1.807) is 0 Å². The molecule has 0 spiro atoms. The highest BCUT2D eigenvalue weighted by atomic mass is 16.5. The fourth-order valence-corrected chi connectivity index (χ4v) is 3.35. The van der Waals surface area contributed by atoms with Crippen LogP contribution in [0.3, 0.4) is 0 Å². The lowest BCUT2D eigenvalue weighted by Gasteiger charge is -2.32. The number of carbonyl (C=O) groups excluding carboxylic acids is 2. The molecule has 5 nitrogen and oxygen atoms in total. The molecule has 3 rings (SSSR count). The Morgan fingerprint density at radius 3 is 2.32 bits per heavy atom. The molecule has 1 aliphatic rings. The Kier molecular flexibility index (Phi) is 6.34. The third-order valence-electron chi connectivity index (χ3n) is 5.07. The maximum absolute atomic E-state index is 12.8. The first kappa shape index (κ1) is 19.9. The first-order valence-corrected chi connectivity index (χ1v) is 9.87. The number of amides is 2.